The van der Waals surface area contributed by atoms with Crippen molar-refractivity contribution in [3.05, 3.63) is 47.0 Å². The van der Waals surface area contributed by atoms with Gasteiger partial charge in [0.2, 0.25) is 11.8 Å². The van der Waals surface area contributed by atoms with Crippen LogP contribution in [-0.4, -0.2) is 31.6 Å². The van der Waals surface area contributed by atoms with Crippen molar-refractivity contribution in [2.24, 2.45) is 5.92 Å². The van der Waals surface area contributed by atoms with E-state index in [1.54, 1.807) is 35.2 Å². The Bertz CT molecular complexity index is 915. The van der Waals surface area contributed by atoms with Crippen LogP contribution in [0, 0.1) is 12.8 Å². The van der Waals surface area contributed by atoms with Crippen molar-refractivity contribution in [3.63, 3.8) is 0 Å². The number of nitrogens with one attached hydrogen (secondary N) is 1. The van der Waals surface area contributed by atoms with E-state index in [2.05, 4.69) is 5.32 Å². The fraction of sp³-hybridized carbons (Fsp3) is 0.300. The Kier molecular flexibility index (Phi) is 4.66. The molecule has 0 saturated carbocycles. The number of hydrogen-bond donors (Lipinski definition) is 1. The highest BCUT2D eigenvalue weighted by Crippen LogP contribution is 2.34. The minimum Gasteiger partial charge on any atom is -0.486 e. The first-order valence-electron chi connectivity index (χ1n) is 8.78. The van der Waals surface area contributed by atoms with Gasteiger partial charge < -0.3 is 19.7 Å². The molecule has 27 heavy (non-hydrogen) atoms. The van der Waals surface area contributed by atoms with Crippen molar-refractivity contribution in [2.45, 2.75) is 13.3 Å². The molecule has 1 atom stereocenters. The van der Waals surface area contributed by atoms with Gasteiger partial charge in [0, 0.05) is 35.4 Å². The first-order valence-corrected chi connectivity index (χ1v) is 9.16. The lowest BCUT2D eigenvalue weighted by Crippen LogP contribution is -2.28. The van der Waals surface area contributed by atoms with Crippen LogP contribution in [0.25, 0.3) is 0 Å². The molecular weight excluding hydrogens is 368 g/mol. The molecule has 2 amide bonds. The Morgan fingerprint density at radius 2 is 1.93 bits per heavy atom. The van der Waals surface area contributed by atoms with Gasteiger partial charge in [-0.3, -0.25) is 9.59 Å². The summed E-state index contributed by atoms with van der Waals surface area (Å²) in [6, 6.07) is 10.7. The molecule has 0 aromatic heterocycles. The van der Waals surface area contributed by atoms with E-state index in [0.29, 0.717) is 42.0 Å². The number of aryl methyl sites for hydroxylation is 1. The van der Waals surface area contributed by atoms with E-state index in [1.807, 2.05) is 13.0 Å². The molecule has 0 spiro atoms. The second-order valence-electron chi connectivity index (χ2n) is 6.68. The third-order valence-corrected chi connectivity index (χ3v) is 5.00. The summed E-state index contributed by atoms with van der Waals surface area (Å²) in [5.41, 5.74) is 2.32. The molecule has 0 aliphatic carbocycles. The monoisotopic (exact) mass is 386 g/mol. The van der Waals surface area contributed by atoms with Crippen LogP contribution < -0.4 is 19.7 Å². The van der Waals surface area contributed by atoms with Gasteiger partial charge >= 0.3 is 0 Å². The van der Waals surface area contributed by atoms with Crippen molar-refractivity contribution in [2.75, 3.05) is 30.0 Å². The second-order valence-corrected chi connectivity index (χ2v) is 7.12. The van der Waals surface area contributed by atoms with Gasteiger partial charge in [0.25, 0.3) is 0 Å². The van der Waals surface area contributed by atoms with Crippen LogP contribution in [0.15, 0.2) is 36.4 Å². The molecule has 7 heteroatoms. The molecule has 140 valence electrons. The van der Waals surface area contributed by atoms with Crippen LogP contribution in [0.4, 0.5) is 11.4 Å². The van der Waals surface area contributed by atoms with Crippen molar-refractivity contribution in [1.29, 1.82) is 0 Å². The van der Waals surface area contributed by atoms with E-state index in [-0.39, 0.29) is 18.2 Å². The summed E-state index contributed by atoms with van der Waals surface area (Å²) in [6.45, 7) is 3.25. The van der Waals surface area contributed by atoms with E-state index in [9.17, 15) is 9.59 Å². The van der Waals surface area contributed by atoms with Crippen LogP contribution in [0.2, 0.25) is 5.02 Å². The van der Waals surface area contributed by atoms with Crippen molar-refractivity contribution < 1.29 is 19.1 Å². The maximum Gasteiger partial charge on any atom is 0.229 e. The molecule has 1 unspecified atom stereocenters. The summed E-state index contributed by atoms with van der Waals surface area (Å²) < 4.78 is 11.0. The number of fused-ring (bicyclic) bond motifs is 1. The Morgan fingerprint density at radius 1 is 1.15 bits per heavy atom. The van der Waals surface area contributed by atoms with Crippen molar-refractivity contribution in [1.82, 2.24) is 0 Å². The van der Waals surface area contributed by atoms with Crippen LogP contribution in [0.1, 0.15) is 12.0 Å². The number of carbonyl (C=O) groups excluding carboxylic acids is 2. The molecule has 1 saturated heterocycles. The molecule has 1 fully saturated rings. The maximum absolute atomic E-state index is 12.7. The summed E-state index contributed by atoms with van der Waals surface area (Å²) in [7, 11) is 0. The summed E-state index contributed by atoms with van der Waals surface area (Å²) in [5, 5.41) is 3.44. The first-order chi connectivity index (χ1) is 13.0. The molecule has 2 aromatic carbocycles. The van der Waals surface area contributed by atoms with Gasteiger partial charge in [-0.25, -0.2) is 0 Å². The van der Waals surface area contributed by atoms with E-state index >= 15 is 0 Å². The molecule has 0 radical (unpaired) electrons. The first kappa shape index (κ1) is 17.7. The normalized spacial score (nSPS) is 18.5. The lowest BCUT2D eigenvalue weighted by atomic mass is 10.1. The summed E-state index contributed by atoms with van der Waals surface area (Å²) in [4.78, 5) is 26.8. The van der Waals surface area contributed by atoms with Crippen LogP contribution in [0.3, 0.4) is 0 Å². The lowest BCUT2D eigenvalue weighted by Gasteiger charge is -2.20. The topological polar surface area (TPSA) is 67.9 Å². The Hall–Kier alpha value is -2.73. The predicted molar refractivity (Wildman–Crippen MR) is 103 cm³/mol. The Labute approximate surface area is 162 Å². The zero-order valence-corrected chi connectivity index (χ0v) is 15.6. The lowest BCUT2D eigenvalue weighted by molar-refractivity contribution is -0.122. The average molecular weight is 387 g/mol. The molecular formula is C20H19ClN2O4. The van der Waals surface area contributed by atoms with Crippen LogP contribution >= 0.6 is 11.6 Å². The zero-order chi connectivity index (χ0) is 19.0. The van der Waals surface area contributed by atoms with Gasteiger partial charge in [-0.15, -0.1) is 0 Å². The molecule has 2 aliphatic heterocycles. The molecule has 6 nitrogen and oxygen atoms in total. The fourth-order valence-corrected chi connectivity index (χ4v) is 3.52. The molecule has 4 rings (SSSR count). The Morgan fingerprint density at radius 3 is 2.74 bits per heavy atom. The number of hydrogen-bond acceptors (Lipinski definition) is 4. The number of anilines is 2. The molecule has 0 bridgehead atoms. The van der Waals surface area contributed by atoms with E-state index in [4.69, 9.17) is 21.1 Å². The maximum atomic E-state index is 12.7. The summed E-state index contributed by atoms with van der Waals surface area (Å²) in [5.74, 6) is 0.574. The molecule has 1 N–H and O–H groups in total. The van der Waals surface area contributed by atoms with Crippen molar-refractivity contribution in [3.8, 4) is 11.5 Å². The number of ether oxygens (including phenoxy) is 2. The highest BCUT2D eigenvalue weighted by molar-refractivity contribution is 6.31. The summed E-state index contributed by atoms with van der Waals surface area (Å²) >= 11 is 6.07. The smallest absolute Gasteiger partial charge is 0.229 e. The minimum atomic E-state index is -0.427. The van der Waals surface area contributed by atoms with Gasteiger partial charge in [0.1, 0.15) is 13.2 Å². The standard InChI is InChI=1S/C20H19ClN2O4/c1-12-2-3-14(21)9-16(12)23-11-13(8-19(23)24)20(25)22-15-4-5-17-18(10-15)27-7-6-26-17/h2-5,9-10,13H,6-8,11H2,1H3,(H,22,25). The van der Waals surface area contributed by atoms with Gasteiger partial charge in [-0.2, -0.15) is 0 Å². The van der Waals surface area contributed by atoms with E-state index in [0.717, 1.165) is 11.3 Å². The van der Waals surface area contributed by atoms with Crippen molar-refractivity contribution >= 4 is 34.8 Å². The number of nitrogens with zero attached hydrogens (tertiary/aromatic N) is 1. The highest BCUT2D eigenvalue weighted by atomic mass is 35.5. The van der Waals surface area contributed by atoms with E-state index in [1.165, 1.54) is 0 Å². The SMILES string of the molecule is Cc1ccc(Cl)cc1N1CC(C(=O)Nc2ccc3c(c2)OCCO3)CC1=O. The van der Waals surface area contributed by atoms with Gasteiger partial charge in [-0.1, -0.05) is 17.7 Å². The minimum absolute atomic E-state index is 0.0808. The van der Waals surface area contributed by atoms with Crippen LogP contribution in [0.5, 0.6) is 11.5 Å². The van der Waals surface area contributed by atoms with Gasteiger partial charge in [0.15, 0.2) is 11.5 Å². The highest BCUT2D eigenvalue weighted by Gasteiger charge is 2.35. The zero-order valence-electron chi connectivity index (χ0n) is 14.8. The third kappa shape index (κ3) is 3.57. The molecule has 2 heterocycles. The van der Waals surface area contributed by atoms with E-state index < -0.39 is 5.92 Å². The second kappa shape index (κ2) is 7.12. The average Bonchev–Trinajstić information content (AvgIpc) is 3.05. The van der Waals surface area contributed by atoms with Gasteiger partial charge in [0.05, 0.1) is 5.92 Å². The number of rotatable bonds is 3. The quantitative estimate of drug-likeness (QED) is 0.877. The Balaban J connectivity index is 1.47. The number of benzene rings is 2. The number of amides is 2. The van der Waals surface area contributed by atoms with Crippen LogP contribution in [-0.2, 0) is 9.59 Å². The number of carbonyl (C=O) groups is 2. The largest absolute Gasteiger partial charge is 0.486 e. The predicted octanol–water partition coefficient (Wildman–Crippen LogP) is 3.41. The molecule has 2 aromatic rings. The number of halogens is 1. The molecule has 2 aliphatic rings. The fourth-order valence-electron chi connectivity index (χ4n) is 3.35. The van der Waals surface area contributed by atoms with Gasteiger partial charge in [-0.05, 0) is 36.8 Å². The summed E-state index contributed by atoms with van der Waals surface area (Å²) in [6.07, 6.45) is 0.169. The third-order valence-electron chi connectivity index (χ3n) is 4.77.